The molecule has 0 radical (unpaired) electrons. The second-order valence-corrected chi connectivity index (χ2v) is 2.98. The lowest BCUT2D eigenvalue weighted by atomic mass is 10.0. The smallest absolute Gasteiger partial charge is 0.359 e. The zero-order valence-electron chi connectivity index (χ0n) is 7.53. The van der Waals surface area contributed by atoms with Crippen LogP contribution in [-0.2, 0) is 0 Å². The molecular formula is C6H5F9O2. The van der Waals surface area contributed by atoms with Crippen LogP contribution in [0.3, 0.4) is 0 Å². The second-order valence-electron chi connectivity index (χ2n) is 2.98. The fourth-order valence-corrected chi connectivity index (χ4v) is 0.676. The summed E-state index contributed by atoms with van der Waals surface area (Å²) in [5.74, 6) is -11.9. The molecule has 2 nitrogen and oxygen atoms in total. The van der Waals surface area contributed by atoms with Crippen molar-refractivity contribution in [2.45, 2.75) is 36.7 Å². The Hall–Kier alpha value is -0.710. The second kappa shape index (κ2) is 4.52. The fraction of sp³-hybridized carbons (Fsp3) is 1.00. The minimum Gasteiger partial charge on any atom is -0.359 e. The van der Waals surface area contributed by atoms with Crippen LogP contribution < -0.4 is 0 Å². The molecule has 3 unspecified atom stereocenters. The summed E-state index contributed by atoms with van der Waals surface area (Å²) in [5, 5.41) is 15.1. The highest BCUT2D eigenvalue weighted by atomic mass is 19.3. The van der Waals surface area contributed by atoms with Gasteiger partial charge in [0.1, 0.15) is 0 Å². The van der Waals surface area contributed by atoms with Gasteiger partial charge >= 0.3 is 18.0 Å². The molecule has 2 N–H and O–H groups in total. The van der Waals surface area contributed by atoms with E-state index < -0.39 is 36.7 Å². The first-order chi connectivity index (χ1) is 7.26. The largest absolute Gasteiger partial charge is 0.420 e. The Morgan fingerprint density at radius 1 is 0.765 bits per heavy atom. The first-order valence-electron chi connectivity index (χ1n) is 3.72. The number of aliphatic hydroxyl groups is 2. The maximum atomic E-state index is 12.4. The van der Waals surface area contributed by atoms with Crippen LogP contribution in [0.4, 0.5) is 39.5 Å². The van der Waals surface area contributed by atoms with Crippen molar-refractivity contribution in [2.75, 3.05) is 0 Å². The molecule has 0 aliphatic heterocycles. The minimum atomic E-state index is -6.22. The van der Waals surface area contributed by atoms with E-state index in [0.29, 0.717) is 0 Å². The summed E-state index contributed by atoms with van der Waals surface area (Å²) in [6.07, 6.45) is -20.2. The molecule has 0 heterocycles. The molecule has 0 aromatic heterocycles. The summed E-state index contributed by atoms with van der Waals surface area (Å²) in [7, 11) is 0. The number of rotatable bonds is 5. The lowest BCUT2D eigenvalue weighted by Gasteiger charge is -2.30. The Labute approximate surface area is 87.6 Å². The van der Waals surface area contributed by atoms with Gasteiger partial charge in [0.15, 0.2) is 0 Å². The molecule has 104 valence electrons. The SMILES string of the molecule is OC(F)C(F)(F)C(F)C(F)C(F)(F)C(O)(F)F. The van der Waals surface area contributed by atoms with Gasteiger partial charge in [-0.1, -0.05) is 0 Å². The van der Waals surface area contributed by atoms with Gasteiger partial charge < -0.3 is 10.2 Å². The maximum absolute atomic E-state index is 12.4. The molecule has 0 aromatic carbocycles. The van der Waals surface area contributed by atoms with Gasteiger partial charge in [-0.05, 0) is 0 Å². The van der Waals surface area contributed by atoms with Crippen LogP contribution in [0.25, 0.3) is 0 Å². The van der Waals surface area contributed by atoms with Crippen molar-refractivity contribution in [3.63, 3.8) is 0 Å². The maximum Gasteiger partial charge on any atom is 0.420 e. The molecule has 17 heavy (non-hydrogen) atoms. The topological polar surface area (TPSA) is 40.5 Å². The van der Waals surface area contributed by atoms with Gasteiger partial charge in [0, 0.05) is 0 Å². The third-order valence-corrected chi connectivity index (χ3v) is 1.69. The van der Waals surface area contributed by atoms with Crippen molar-refractivity contribution in [2.24, 2.45) is 0 Å². The van der Waals surface area contributed by atoms with Gasteiger partial charge in [-0.15, -0.1) is 0 Å². The molecule has 0 bridgehead atoms. The highest BCUT2D eigenvalue weighted by molar-refractivity contribution is 4.95. The van der Waals surface area contributed by atoms with Crippen molar-refractivity contribution >= 4 is 0 Å². The highest BCUT2D eigenvalue weighted by Crippen LogP contribution is 2.42. The average Bonchev–Trinajstić information content (AvgIpc) is 2.13. The molecule has 0 rings (SSSR count). The molecule has 0 saturated carbocycles. The molecule has 0 aliphatic carbocycles. The molecule has 0 saturated heterocycles. The first-order valence-corrected chi connectivity index (χ1v) is 3.72. The summed E-state index contributed by atoms with van der Waals surface area (Å²) in [6.45, 7) is 0. The molecule has 0 fully saturated rings. The van der Waals surface area contributed by atoms with Gasteiger partial charge in [0.25, 0.3) is 6.36 Å². The molecule has 0 aromatic rings. The van der Waals surface area contributed by atoms with Crippen molar-refractivity contribution in [1.82, 2.24) is 0 Å². The van der Waals surface area contributed by atoms with Crippen LogP contribution in [0.5, 0.6) is 0 Å². The number of halogens is 9. The Morgan fingerprint density at radius 2 is 1.12 bits per heavy atom. The number of alkyl halides is 9. The van der Waals surface area contributed by atoms with E-state index in [-0.39, 0.29) is 0 Å². The van der Waals surface area contributed by atoms with E-state index in [0.717, 1.165) is 0 Å². The number of hydrogen-bond donors (Lipinski definition) is 2. The Morgan fingerprint density at radius 3 is 1.35 bits per heavy atom. The molecular weight excluding hydrogens is 275 g/mol. The summed E-state index contributed by atoms with van der Waals surface area (Å²) >= 11 is 0. The van der Waals surface area contributed by atoms with Gasteiger partial charge in [-0.3, -0.25) is 0 Å². The fourth-order valence-electron chi connectivity index (χ4n) is 0.676. The van der Waals surface area contributed by atoms with Crippen LogP contribution in [0.2, 0.25) is 0 Å². The van der Waals surface area contributed by atoms with E-state index in [2.05, 4.69) is 0 Å². The van der Waals surface area contributed by atoms with Crippen LogP contribution in [0, 0.1) is 0 Å². The Bertz CT molecular complexity index is 261. The molecule has 0 amide bonds. The lowest BCUT2D eigenvalue weighted by molar-refractivity contribution is -0.355. The Balaban J connectivity index is 5.14. The molecule has 3 atom stereocenters. The normalized spacial score (nSPS) is 19.9. The monoisotopic (exact) mass is 280 g/mol. The summed E-state index contributed by atoms with van der Waals surface area (Å²) < 4.78 is 109. The summed E-state index contributed by atoms with van der Waals surface area (Å²) in [4.78, 5) is 0. The van der Waals surface area contributed by atoms with Crippen molar-refractivity contribution < 1.29 is 49.7 Å². The van der Waals surface area contributed by atoms with Crippen molar-refractivity contribution in [3.8, 4) is 0 Å². The number of hydrogen-bond acceptors (Lipinski definition) is 2. The van der Waals surface area contributed by atoms with Crippen LogP contribution in [0.15, 0.2) is 0 Å². The molecule has 0 aliphatic rings. The van der Waals surface area contributed by atoms with Crippen LogP contribution in [-0.4, -0.2) is 46.9 Å². The zero-order valence-corrected chi connectivity index (χ0v) is 7.53. The van der Waals surface area contributed by atoms with Crippen molar-refractivity contribution in [3.05, 3.63) is 0 Å². The predicted molar refractivity (Wildman–Crippen MR) is 34.0 cm³/mol. The average molecular weight is 280 g/mol. The summed E-state index contributed by atoms with van der Waals surface area (Å²) in [5.41, 5.74) is 0. The van der Waals surface area contributed by atoms with E-state index in [9.17, 15) is 39.5 Å². The van der Waals surface area contributed by atoms with Crippen molar-refractivity contribution in [1.29, 1.82) is 0 Å². The van der Waals surface area contributed by atoms with E-state index in [1.54, 1.807) is 0 Å². The third kappa shape index (κ3) is 2.94. The zero-order chi connectivity index (χ0) is 14.2. The predicted octanol–water partition coefficient (Wildman–Crippen LogP) is 1.81. The summed E-state index contributed by atoms with van der Waals surface area (Å²) in [6, 6.07) is 0. The van der Waals surface area contributed by atoms with Gasteiger partial charge in [-0.25, -0.2) is 13.2 Å². The van der Waals surface area contributed by atoms with Gasteiger partial charge in [-0.2, -0.15) is 26.3 Å². The Kier molecular flexibility index (Phi) is 4.33. The van der Waals surface area contributed by atoms with E-state index in [4.69, 9.17) is 10.2 Å². The first kappa shape index (κ1) is 16.3. The highest BCUT2D eigenvalue weighted by Gasteiger charge is 2.68. The van der Waals surface area contributed by atoms with Gasteiger partial charge in [0.05, 0.1) is 0 Å². The van der Waals surface area contributed by atoms with Crippen LogP contribution in [0.1, 0.15) is 0 Å². The quantitative estimate of drug-likeness (QED) is 0.754. The van der Waals surface area contributed by atoms with Crippen LogP contribution >= 0.6 is 0 Å². The lowest BCUT2D eigenvalue weighted by Crippen LogP contribution is -2.57. The minimum absolute atomic E-state index is 4.38. The van der Waals surface area contributed by atoms with Gasteiger partial charge in [0.2, 0.25) is 12.3 Å². The standard InChI is InChI=1S/C6H5F9O2/c7-1(4(10,11)3(9)16)2(8)5(12,13)6(14,15)17/h1-3,16-17H. The molecule has 11 heteroatoms. The van der Waals surface area contributed by atoms with E-state index in [1.807, 2.05) is 0 Å². The third-order valence-electron chi connectivity index (χ3n) is 1.69. The van der Waals surface area contributed by atoms with E-state index >= 15 is 0 Å². The molecule has 0 spiro atoms. The number of aliphatic hydroxyl groups excluding tert-OH is 1. The van der Waals surface area contributed by atoms with E-state index in [1.165, 1.54) is 0 Å².